The first kappa shape index (κ1) is 15.0. The van der Waals surface area contributed by atoms with Gasteiger partial charge in [-0.25, -0.2) is 0 Å². The number of carbonyl (C=O) groups is 1. The molecule has 0 spiro atoms. The highest BCUT2D eigenvalue weighted by atomic mass is 16.1. The molecule has 0 aromatic carbocycles. The van der Waals surface area contributed by atoms with E-state index in [-0.39, 0.29) is 11.2 Å². The van der Waals surface area contributed by atoms with Gasteiger partial charge in [0.1, 0.15) is 5.71 Å². The number of rotatable bonds is 5. The minimum atomic E-state index is -0.867. The van der Waals surface area contributed by atoms with Crippen molar-refractivity contribution in [2.24, 2.45) is 11.5 Å². The van der Waals surface area contributed by atoms with Crippen LogP contribution in [-0.4, -0.2) is 42.2 Å². The molecular formula is C12H20N6O. The topological polar surface area (TPSA) is 132 Å². The van der Waals surface area contributed by atoms with E-state index < -0.39 is 11.6 Å². The summed E-state index contributed by atoms with van der Waals surface area (Å²) in [4.78, 5) is 13.0. The Morgan fingerprint density at radius 3 is 2.58 bits per heavy atom. The number of carbonyl (C=O) groups excluding carboxylic acids is 1. The van der Waals surface area contributed by atoms with Gasteiger partial charge in [-0.15, -0.1) is 0 Å². The van der Waals surface area contributed by atoms with Gasteiger partial charge in [0.25, 0.3) is 5.91 Å². The molecular weight excluding hydrogens is 244 g/mol. The Morgan fingerprint density at radius 2 is 2.11 bits per heavy atom. The smallest absolute Gasteiger partial charge is 0.268 e. The fourth-order valence-corrected chi connectivity index (χ4v) is 2.02. The second-order valence-electron chi connectivity index (χ2n) is 4.90. The summed E-state index contributed by atoms with van der Waals surface area (Å²) in [7, 11) is 2.03. The highest BCUT2D eigenvalue weighted by Gasteiger charge is 2.32. The van der Waals surface area contributed by atoms with Crippen LogP contribution in [0.1, 0.15) is 19.3 Å². The number of nitrogens with two attached hydrogens (primary N) is 2. The van der Waals surface area contributed by atoms with Crippen molar-refractivity contribution >= 4 is 11.6 Å². The maximum Gasteiger partial charge on any atom is 0.268 e. The lowest BCUT2D eigenvalue weighted by Gasteiger charge is -2.39. The number of hydrogen-bond donors (Lipinski definition) is 4. The lowest BCUT2D eigenvalue weighted by atomic mass is 9.85. The summed E-state index contributed by atoms with van der Waals surface area (Å²) in [5, 5.41) is 19.4. The molecule has 1 heterocycles. The first-order chi connectivity index (χ1) is 8.90. The molecule has 7 nitrogen and oxygen atoms in total. The van der Waals surface area contributed by atoms with E-state index in [0.29, 0.717) is 6.42 Å². The van der Waals surface area contributed by atoms with E-state index in [9.17, 15) is 4.79 Å². The second-order valence-corrected chi connectivity index (χ2v) is 4.90. The van der Waals surface area contributed by atoms with Crippen LogP contribution in [0, 0.1) is 16.7 Å². The fourth-order valence-electron chi connectivity index (χ4n) is 2.02. The van der Waals surface area contributed by atoms with Gasteiger partial charge in [0.2, 0.25) is 0 Å². The van der Waals surface area contributed by atoms with Crippen LogP contribution in [0.5, 0.6) is 0 Å². The molecule has 104 valence electrons. The Bertz CT molecular complexity index is 428. The lowest BCUT2D eigenvalue weighted by Crippen LogP contribution is -2.51. The zero-order chi connectivity index (χ0) is 14.5. The number of amides is 1. The first-order valence-corrected chi connectivity index (χ1v) is 6.08. The summed E-state index contributed by atoms with van der Waals surface area (Å²) in [6.07, 6.45) is 3.39. The number of hydrogen-bond acceptors (Lipinski definition) is 6. The van der Waals surface area contributed by atoms with Crippen molar-refractivity contribution in [1.82, 2.24) is 10.2 Å². The van der Waals surface area contributed by atoms with Crippen LogP contribution in [0.15, 0.2) is 11.9 Å². The van der Waals surface area contributed by atoms with Crippen LogP contribution >= 0.6 is 0 Å². The van der Waals surface area contributed by atoms with E-state index in [2.05, 4.69) is 16.3 Å². The molecule has 19 heavy (non-hydrogen) atoms. The molecule has 0 saturated carbocycles. The summed E-state index contributed by atoms with van der Waals surface area (Å²) in [5.74, 6) is -0.867. The maximum atomic E-state index is 10.8. The van der Waals surface area contributed by atoms with Crippen molar-refractivity contribution in [3.05, 3.63) is 11.9 Å². The quantitative estimate of drug-likeness (QED) is 0.485. The summed E-state index contributed by atoms with van der Waals surface area (Å²) in [6.45, 7) is 1.77. The van der Waals surface area contributed by atoms with E-state index in [1.54, 1.807) is 0 Å². The number of likely N-dealkylation sites (tertiary alicyclic amines) is 1. The molecule has 6 N–H and O–H groups in total. The van der Waals surface area contributed by atoms with Crippen molar-refractivity contribution < 1.29 is 4.79 Å². The first-order valence-electron chi connectivity index (χ1n) is 6.08. The molecule has 7 heteroatoms. The predicted molar refractivity (Wildman–Crippen MR) is 72.0 cm³/mol. The zero-order valence-electron chi connectivity index (χ0n) is 11.1. The number of piperidine rings is 1. The molecule has 1 amide bonds. The Balaban J connectivity index is 2.75. The van der Waals surface area contributed by atoms with E-state index in [0.717, 1.165) is 25.9 Å². The molecule has 0 radical (unpaired) electrons. The monoisotopic (exact) mass is 264 g/mol. The molecule has 0 aromatic heterocycles. The molecule has 0 atom stereocenters. The number of nitrogens with one attached hydrogen (secondary N) is 2. The summed E-state index contributed by atoms with van der Waals surface area (Å²) < 4.78 is 0. The van der Waals surface area contributed by atoms with Crippen LogP contribution < -0.4 is 16.8 Å². The summed E-state index contributed by atoms with van der Waals surface area (Å²) in [6, 6.07) is 2.17. The minimum absolute atomic E-state index is 0.0104. The third kappa shape index (κ3) is 3.96. The molecule has 1 aliphatic heterocycles. The Hall–Kier alpha value is -2.07. The molecule has 0 unspecified atom stereocenters. The van der Waals surface area contributed by atoms with E-state index in [1.165, 1.54) is 6.20 Å². The number of nitrogens with zero attached hydrogens (tertiary/aromatic N) is 2. The molecule has 0 bridgehead atoms. The standard InChI is InChI=1S/C12H20N6O/c1-18-6-3-12(2-5-13,4-7-18)17-8-9(14)10(15)11(16)19/h8,15,17H,2-4,6-7,14H2,1H3,(H2,16,19)/b9-8+,15-10?. The van der Waals surface area contributed by atoms with Crippen LogP contribution in [0.4, 0.5) is 0 Å². The van der Waals surface area contributed by atoms with E-state index in [1.807, 2.05) is 7.05 Å². The summed E-state index contributed by atoms with van der Waals surface area (Å²) in [5.41, 5.74) is 9.80. The van der Waals surface area contributed by atoms with Crippen LogP contribution in [0.25, 0.3) is 0 Å². The fraction of sp³-hybridized carbons (Fsp3) is 0.583. The van der Waals surface area contributed by atoms with Crippen molar-refractivity contribution in [3.8, 4) is 6.07 Å². The average Bonchev–Trinajstić information content (AvgIpc) is 2.38. The Labute approximate surface area is 112 Å². The Kier molecular flexibility index (Phi) is 4.89. The van der Waals surface area contributed by atoms with Crippen LogP contribution in [0.3, 0.4) is 0 Å². The molecule has 1 rings (SSSR count). The Morgan fingerprint density at radius 1 is 1.53 bits per heavy atom. The van der Waals surface area contributed by atoms with Crippen LogP contribution in [-0.2, 0) is 4.79 Å². The van der Waals surface area contributed by atoms with Crippen molar-refractivity contribution in [3.63, 3.8) is 0 Å². The lowest BCUT2D eigenvalue weighted by molar-refractivity contribution is -0.112. The normalized spacial score (nSPS) is 19.5. The van der Waals surface area contributed by atoms with E-state index in [4.69, 9.17) is 22.1 Å². The second kappa shape index (κ2) is 6.20. The largest absolute Gasteiger partial charge is 0.396 e. The molecule has 1 saturated heterocycles. The van der Waals surface area contributed by atoms with Crippen molar-refractivity contribution in [2.45, 2.75) is 24.8 Å². The number of nitriles is 1. The molecule has 1 fully saturated rings. The van der Waals surface area contributed by atoms with Crippen LogP contribution in [0.2, 0.25) is 0 Å². The average molecular weight is 264 g/mol. The summed E-state index contributed by atoms with van der Waals surface area (Å²) >= 11 is 0. The zero-order valence-corrected chi connectivity index (χ0v) is 11.1. The van der Waals surface area contributed by atoms with Crippen molar-refractivity contribution in [1.29, 1.82) is 10.7 Å². The highest BCUT2D eigenvalue weighted by molar-refractivity contribution is 6.43. The van der Waals surface area contributed by atoms with E-state index >= 15 is 0 Å². The SMILES string of the molecule is CN1CCC(CC#N)(N/C=C(/N)C(=N)C(N)=O)CC1. The van der Waals surface area contributed by atoms with Gasteiger partial charge < -0.3 is 21.7 Å². The highest BCUT2D eigenvalue weighted by Crippen LogP contribution is 2.25. The van der Waals surface area contributed by atoms with Crippen molar-refractivity contribution in [2.75, 3.05) is 20.1 Å². The maximum absolute atomic E-state index is 10.8. The van der Waals surface area contributed by atoms with Gasteiger partial charge in [0, 0.05) is 19.3 Å². The minimum Gasteiger partial charge on any atom is -0.396 e. The van der Waals surface area contributed by atoms with Gasteiger partial charge in [-0.1, -0.05) is 0 Å². The number of primary amides is 1. The third-order valence-electron chi connectivity index (χ3n) is 3.43. The predicted octanol–water partition coefficient (Wildman–Crippen LogP) is -0.741. The molecule has 0 aliphatic carbocycles. The van der Waals surface area contributed by atoms with Gasteiger partial charge in [-0.2, -0.15) is 5.26 Å². The van der Waals surface area contributed by atoms with Gasteiger partial charge in [0.05, 0.1) is 23.7 Å². The van der Waals surface area contributed by atoms with Gasteiger partial charge in [0.15, 0.2) is 0 Å². The van der Waals surface area contributed by atoms with Gasteiger partial charge in [-0.3, -0.25) is 10.2 Å². The van der Waals surface area contributed by atoms with Gasteiger partial charge >= 0.3 is 0 Å². The molecule has 0 aromatic rings. The van der Waals surface area contributed by atoms with Gasteiger partial charge in [-0.05, 0) is 19.9 Å². The third-order valence-corrected chi connectivity index (χ3v) is 3.43. The molecule has 1 aliphatic rings.